The number of carbonyl (C=O) groups excluding carboxylic acids is 4. The molecule has 8 nitrogen and oxygen atoms in total. The van der Waals surface area contributed by atoms with Crippen LogP contribution < -0.4 is 10.6 Å². The predicted molar refractivity (Wildman–Crippen MR) is 161 cm³/mol. The number of fused-ring (bicyclic) bond motifs is 1. The highest BCUT2D eigenvalue weighted by molar-refractivity contribution is 6.13. The Morgan fingerprint density at radius 3 is 2.07 bits per heavy atom. The molecular formula is C33H52N4O4. The number of nitrogens with one attached hydrogen (secondary N) is 2. The predicted octanol–water partition coefficient (Wildman–Crippen LogP) is 4.62. The Morgan fingerprint density at radius 2 is 1.61 bits per heavy atom. The molecule has 0 aromatic rings. The lowest BCUT2D eigenvalue weighted by molar-refractivity contribution is -0.143. The lowest BCUT2D eigenvalue weighted by Crippen LogP contribution is -2.61. The molecule has 8 heteroatoms. The maximum absolute atomic E-state index is 14.4. The van der Waals surface area contributed by atoms with E-state index in [9.17, 15) is 19.2 Å². The molecule has 1 aliphatic heterocycles. The number of amides is 3. The van der Waals surface area contributed by atoms with Gasteiger partial charge in [-0.3, -0.25) is 24.2 Å². The van der Waals surface area contributed by atoms with Crippen LogP contribution in [-0.4, -0.2) is 66.3 Å². The molecule has 1 saturated heterocycles. The summed E-state index contributed by atoms with van der Waals surface area (Å²) < 4.78 is 0. The van der Waals surface area contributed by atoms with Crippen LogP contribution in [0.25, 0.3) is 0 Å². The fourth-order valence-electron chi connectivity index (χ4n) is 8.73. The first kappa shape index (κ1) is 31.4. The fourth-order valence-corrected chi connectivity index (χ4v) is 8.73. The quantitative estimate of drug-likeness (QED) is 0.329. The van der Waals surface area contributed by atoms with Crippen molar-refractivity contribution >= 4 is 29.7 Å². The number of likely N-dealkylation sites (tertiary alicyclic amines) is 1. The van der Waals surface area contributed by atoms with Crippen LogP contribution in [0.5, 0.6) is 0 Å². The number of rotatable bonds is 8. The van der Waals surface area contributed by atoms with Gasteiger partial charge < -0.3 is 15.5 Å². The summed E-state index contributed by atoms with van der Waals surface area (Å²) in [5.74, 6) is -0.873. The number of aliphatic imine (C=N–C) groups is 1. The smallest absolute Gasteiger partial charge is 0.253 e. The number of hydrogen-bond acceptors (Lipinski definition) is 5. The molecule has 2 N–H and O–H groups in total. The third-order valence-electron chi connectivity index (χ3n) is 11.5. The van der Waals surface area contributed by atoms with Gasteiger partial charge in [-0.25, -0.2) is 0 Å². The van der Waals surface area contributed by atoms with Gasteiger partial charge in [-0.15, -0.1) is 0 Å². The summed E-state index contributed by atoms with van der Waals surface area (Å²) in [6.45, 7) is 14.4. The van der Waals surface area contributed by atoms with Gasteiger partial charge in [0.2, 0.25) is 11.8 Å². The summed E-state index contributed by atoms with van der Waals surface area (Å²) in [4.78, 5) is 60.3. The highest BCUT2D eigenvalue weighted by Crippen LogP contribution is 2.88. The van der Waals surface area contributed by atoms with E-state index in [1.54, 1.807) is 31.9 Å². The number of nitrogens with zero attached hydrogens (tertiary/aromatic N) is 2. The second kappa shape index (κ2) is 11.3. The Labute approximate surface area is 246 Å². The highest BCUT2D eigenvalue weighted by atomic mass is 16.2. The lowest BCUT2D eigenvalue weighted by Gasteiger charge is -2.37. The van der Waals surface area contributed by atoms with Gasteiger partial charge in [0.05, 0.1) is 11.6 Å². The van der Waals surface area contributed by atoms with E-state index in [-0.39, 0.29) is 45.7 Å². The summed E-state index contributed by atoms with van der Waals surface area (Å²) in [6, 6.07) is -2.05. The summed E-state index contributed by atoms with van der Waals surface area (Å²) in [7, 11) is 1.61. The minimum Gasteiger partial charge on any atom is -0.342 e. The van der Waals surface area contributed by atoms with Crippen LogP contribution in [0.3, 0.4) is 0 Å². The monoisotopic (exact) mass is 568 g/mol. The second-order valence-electron chi connectivity index (χ2n) is 14.7. The van der Waals surface area contributed by atoms with Gasteiger partial charge in [-0.1, -0.05) is 66.4 Å². The van der Waals surface area contributed by atoms with E-state index in [1.165, 1.54) is 12.6 Å². The molecule has 2 spiro atoms. The van der Waals surface area contributed by atoms with Crippen molar-refractivity contribution in [1.29, 1.82) is 0 Å². The molecule has 0 aromatic carbocycles. The largest absolute Gasteiger partial charge is 0.342 e. The minimum absolute atomic E-state index is 0.00847. The Morgan fingerprint density at radius 1 is 0.976 bits per heavy atom. The molecule has 2 unspecified atom stereocenters. The van der Waals surface area contributed by atoms with Crippen molar-refractivity contribution in [3.8, 4) is 0 Å². The molecule has 0 bridgehead atoms. The first-order valence-electron chi connectivity index (χ1n) is 15.7. The van der Waals surface area contributed by atoms with Crippen molar-refractivity contribution in [3.05, 3.63) is 11.6 Å². The molecule has 3 aliphatic carbocycles. The Balaban J connectivity index is 1.59. The Kier molecular flexibility index (Phi) is 8.65. The van der Waals surface area contributed by atoms with E-state index >= 15 is 0 Å². The van der Waals surface area contributed by atoms with Gasteiger partial charge in [0.25, 0.3) is 5.91 Å². The maximum Gasteiger partial charge on any atom is 0.253 e. The molecule has 4 fully saturated rings. The van der Waals surface area contributed by atoms with Crippen LogP contribution in [-0.2, 0) is 19.2 Å². The van der Waals surface area contributed by atoms with Gasteiger partial charge in [0, 0.05) is 25.2 Å². The van der Waals surface area contributed by atoms with Gasteiger partial charge in [-0.2, -0.15) is 0 Å². The molecule has 228 valence electrons. The summed E-state index contributed by atoms with van der Waals surface area (Å²) in [6.07, 6.45) is 12.2. The highest BCUT2D eigenvalue weighted by Gasteiger charge is 2.85. The van der Waals surface area contributed by atoms with Crippen molar-refractivity contribution in [2.45, 2.75) is 124 Å². The van der Waals surface area contributed by atoms with Crippen LogP contribution in [0.15, 0.2) is 16.6 Å². The average Bonchev–Trinajstić information content (AvgIpc) is 3.12. The number of Topliss-reactive ketones (excluding diaryl/α,β-unsaturated/α-hetero) is 1. The summed E-state index contributed by atoms with van der Waals surface area (Å²) in [5.41, 5.74) is 0.0597. The van der Waals surface area contributed by atoms with E-state index in [0.29, 0.717) is 18.5 Å². The second-order valence-corrected chi connectivity index (χ2v) is 14.7. The standard InChI is InChI=1S/C33H52N4O4/c1-9-22(19-34-8)27(39)35-25(23-14-11-10-12-15-23)28(40)36-26(30(3,4)5)29(41)37-20-33(18-24(37)21(2)38)31(6,7)32(33)16-13-17-32/h9,19,23-26H,10-18,20H2,1-8H3,(H,35,39)(H,36,40)/b22-9+,34-19?/t24?,25?,26-,33-/m1/s1. The maximum atomic E-state index is 14.4. The normalized spacial score (nSPS) is 28.8. The number of ketones is 1. The molecule has 41 heavy (non-hydrogen) atoms. The molecule has 4 atom stereocenters. The average molecular weight is 569 g/mol. The number of carbonyl (C=O) groups is 4. The van der Waals surface area contributed by atoms with Crippen LogP contribution in [0.1, 0.15) is 106 Å². The zero-order chi connectivity index (χ0) is 30.4. The molecule has 4 aliphatic rings. The van der Waals surface area contributed by atoms with E-state index < -0.39 is 23.5 Å². The SMILES string of the molecule is C/C=C(\C=NC)C(=O)NC(C(=O)N[C@H](C(=O)N1C[C@]2(CC1C(C)=O)C(C)(C)C21CCC1)C(C)(C)C)C1CCCCC1. The fraction of sp³-hybridized carbons (Fsp3) is 0.788. The minimum atomic E-state index is -0.826. The van der Waals surface area contributed by atoms with Crippen molar-refractivity contribution in [2.24, 2.45) is 32.6 Å². The molecule has 1 heterocycles. The van der Waals surface area contributed by atoms with Crippen molar-refractivity contribution in [2.75, 3.05) is 13.6 Å². The molecule has 3 saturated carbocycles. The molecular weight excluding hydrogens is 516 g/mol. The molecule has 4 rings (SSSR count). The first-order chi connectivity index (χ1) is 19.2. The van der Waals surface area contributed by atoms with Crippen molar-refractivity contribution < 1.29 is 19.2 Å². The summed E-state index contributed by atoms with van der Waals surface area (Å²) in [5, 5.41) is 6.08. The number of hydrogen-bond donors (Lipinski definition) is 2. The third kappa shape index (κ3) is 5.18. The van der Waals surface area contributed by atoms with E-state index in [2.05, 4.69) is 29.5 Å². The molecule has 0 radical (unpaired) electrons. The van der Waals surface area contributed by atoms with Gasteiger partial charge in [0.1, 0.15) is 12.1 Å². The Hall–Kier alpha value is -2.51. The number of allylic oxidation sites excluding steroid dienone is 1. The third-order valence-corrected chi connectivity index (χ3v) is 11.5. The van der Waals surface area contributed by atoms with Crippen LogP contribution in [0.4, 0.5) is 0 Å². The molecule has 3 amide bonds. The zero-order valence-corrected chi connectivity index (χ0v) is 26.6. The van der Waals surface area contributed by atoms with Gasteiger partial charge >= 0.3 is 0 Å². The Bertz CT molecular complexity index is 1120. The van der Waals surface area contributed by atoms with Crippen molar-refractivity contribution in [1.82, 2.24) is 15.5 Å². The van der Waals surface area contributed by atoms with E-state index in [0.717, 1.165) is 44.9 Å². The summed E-state index contributed by atoms with van der Waals surface area (Å²) >= 11 is 0. The van der Waals surface area contributed by atoms with Crippen LogP contribution in [0.2, 0.25) is 0 Å². The molecule has 0 aromatic heterocycles. The lowest BCUT2D eigenvalue weighted by atomic mass is 9.73. The van der Waals surface area contributed by atoms with Crippen LogP contribution >= 0.6 is 0 Å². The topological polar surface area (TPSA) is 108 Å². The van der Waals surface area contributed by atoms with E-state index in [1.807, 2.05) is 20.8 Å². The first-order valence-corrected chi connectivity index (χ1v) is 15.7. The van der Waals surface area contributed by atoms with Crippen molar-refractivity contribution in [3.63, 3.8) is 0 Å². The van der Waals surface area contributed by atoms with Gasteiger partial charge in [0.15, 0.2) is 5.78 Å². The van der Waals surface area contributed by atoms with E-state index in [4.69, 9.17) is 0 Å². The zero-order valence-electron chi connectivity index (χ0n) is 26.6. The van der Waals surface area contributed by atoms with Gasteiger partial charge in [-0.05, 0) is 68.1 Å². The van der Waals surface area contributed by atoms with Crippen LogP contribution in [0, 0.1) is 27.6 Å².